The third-order valence-corrected chi connectivity index (χ3v) is 0. The minimum absolute atomic E-state index is 0. The Labute approximate surface area is 63.0 Å². The summed E-state index contributed by atoms with van der Waals surface area (Å²) in [7, 11) is 0. The Kier molecular flexibility index (Phi) is 5050. The van der Waals surface area contributed by atoms with Crippen LogP contribution in [-0.4, -0.2) is 0 Å². The summed E-state index contributed by atoms with van der Waals surface area (Å²) in [6.07, 6.45) is 0. The molecule has 0 unspecified atom stereocenters. The van der Waals surface area contributed by atoms with Gasteiger partial charge in [0.2, 0.25) is 0 Å². The molecule has 0 aliphatic carbocycles. The van der Waals surface area contributed by atoms with Gasteiger partial charge in [-0.25, -0.2) is 0 Å². The molecule has 0 rings (SSSR count). The van der Waals surface area contributed by atoms with Gasteiger partial charge in [0.05, 0.1) is 0 Å². The van der Waals surface area contributed by atoms with Crippen molar-refractivity contribution in [3.63, 3.8) is 0 Å². The van der Waals surface area contributed by atoms with Crippen molar-refractivity contribution >= 4 is 0 Å². The van der Waals surface area contributed by atoms with E-state index >= 15 is 0 Å². The van der Waals surface area contributed by atoms with E-state index in [2.05, 4.69) is 26.6 Å². The minimum Gasteiger partial charge on any atom is 4.00 e. The topological polar surface area (TPSA) is 79.6 Å². The van der Waals surface area contributed by atoms with Crippen LogP contribution in [0, 0.1) is 26.6 Å². The van der Waals surface area contributed by atoms with Crippen LogP contribution in [-0.2, 0) is 35.7 Å². The first kappa shape index (κ1) is 39.2. The summed E-state index contributed by atoms with van der Waals surface area (Å²) < 4.78 is 30.0. The van der Waals surface area contributed by atoms with E-state index in [1.54, 1.807) is 0 Å². The molecule has 44 valence electrons. The summed E-state index contributed by atoms with van der Waals surface area (Å²) in [4.78, 5) is 0. The molecule has 4 nitrogen and oxygen atoms in total. The summed E-state index contributed by atoms with van der Waals surface area (Å²) in [5.74, 6) is 0. The third kappa shape index (κ3) is 829. The summed E-state index contributed by atoms with van der Waals surface area (Å²) in [5.41, 5.74) is 0. The zero-order valence-electron chi connectivity index (χ0n) is 3.99. The standard InChI is InChI=1S/4CO.Fe/c4*1-2;/q;;;;+4. The number of hydrogen-bond donors (Lipinski definition) is 0. The van der Waals surface area contributed by atoms with Crippen LogP contribution in [0.2, 0.25) is 0 Å². The Morgan fingerprint density at radius 2 is 0.444 bits per heavy atom. The molecule has 0 aromatic carbocycles. The van der Waals surface area contributed by atoms with Gasteiger partial charge in [0.1, 0.15) is 0 Å². The number of rotatable bonds is 0. The van der Waals surface area contributed by atoms with Crippen molar-refractivity contribution in [2.24, 2.45) is 0 Å². The molecule has 5 heteroatoms. The monoisotopic (exact) mass is 168 g/mol. The predicted molar refractivity (Wildman–Crippen MR) is 15.7 cm³/mol. The second-order valence-corrected chi connectivity index (χ2v) is 0. The summed E-state index contributed by atoms with van der Waals surface area (Å²) >= 11 is 0. The Balaban J connectivity index is -0.00000000762. The largest absolute Gasteiger partial charge is 4.00 e. The van der Waals surface area contributed by atoms with Crippen molar-refractivity contribution in [3.8, 4) is 0 Å². The number of hydrogen-bond acceptors (Lipinski definition) is 0. The summed E-state index contributed by atoms with van der Waals surface area (Å²) in [5, 5.41) is 0. The van der Waals surface area contributed by atoms with Crippen molar-refractivity contribution in [1.29, 1.82) is 0 Å². The fraction of sp³-hybridized carbons (Fsp3) is 0. The molecule has 0 saturated heterocycles. The molecule has 0 fully saturated rings. The van der Waals surface area contributed by atoms with E-state index in [1.807, 2.05) is 0 Å². The molecule has 0 aromatic heterocycles. The molecule has 0 aromatic rings. The van der Waals surface area contributed by atoms with Crippen LogP contribution in [0.4, 0.5) is 0 Å². The van der Waals surface area contributed by atoms with Gasteiger partial charge in [-0.1, -0.05) is 0 Å². The molecule has 0 aliphatic heterocycles. The predicted octanol–water partition coefficient (Wildman–Crippen LogP) is -0.153. The van der Waals surface area contributed by atoms with E-state index in [4.69, 9.17) is 18.6 Å². The molecule has 0 bridgehead atoms. The summed E-state index contributed by atoms with van der Waals surface area (Å²) in [6, 6.07) is 0. The second-order valence-electron chi connectivity index (χ2n) is 0. The van der Waals surface area contributed by atoms with Gasteiger partial charge in [-0.3, -0.25) is 0 Å². The van der Waals surface area contributed by atoms with E-state index in [1.165, 1.54) is 0 Å². The zero-order chi connectivity index (χ0) is 8.00. The van der Waals surface area contributed by atoms with Crippen LogP contribution in [0.15, 0.2) is 0 Å². The first-order chi connectivity index (χ1) is 4.00. The zero-order valence-corrected chi connectivity index (χ0v) is 5.09. The smallest absolute Gasteiger partial charge is 4.00 e. The maximum Gasteiger partial charge on any atom is 4.00 e. The minimum atomic E-state index is 0. The quantitative estimate of drug-likeness (QED) is 0.273. The van der Waals surface area contributed by atoms with Crippen molar-refractivity contribution in [1.82, 2.24) is 0 Å². The van der Waals surface area contributed by atoms with E-state index in [0.29, 0.717) is 0 Å². The van der Waals surface area contributed by atoms with Gasteiger partial charge in [0, 0.05) is 0 Å². The molecule has 9 heavy (non-hydrogen) atoms. The van der Waals surface area contributed by atoms with Gasteiger partial charge in [0.25, 0.3) is 0 Å². The van der Waals surface area contributed by atoms with Crippen LogP contribution in [0.5, 0.6) is 0 Å². The van der Waals surface area contributed by atoms with Crippen molar-refractivity contribution in [2.75, 3.05) is 0 Å². The Hall–Kier alpha value is -0.521. The van der Waals surface area contributed by atoms with E-state index < -0.39 is 0 Å². The first-order valence-corrected chi connectivity index (χ1v) is 0.816. The average Bonchev–Trinajstić information content (AvgIpc) is 2.03. The Bertz CT molecular complexity index is 55.5. The molecule has 0 atom stereocenters. The Morgan fingerprint density at radius 3 is 0.444 bits per heavy atom. The molecule has 0 N–H and O–H groups in total. The van der Waals surface area contributed by atoms with Crippen LogP contribution < -0.4 is 0 Å². The molecule has 0 saturated carbocycles. The maximum absolute atomic E-state index is 7.50. The molecule has 0 spiro atoms. The fourth-order valence-electron chi connectivity index (χ4n) is 0. The third-order valence-electron chi connectivity index (χ3n) is 0. The first-order valence-electron chi connectivity index (χ1n) is 0.816. The summed E-state index contributed by atoms with van der Waals surface area (Å²) in [6.45, 7) is 18.0. The van der Waals surface area contributed by atoms with Gasteiger partial charge < -0.3 is 0 Å². The maximum atomic E-state index is 7.50. The fourth-order valence-corrected chi connectivity index (χ4v) is 0. The van der Waals surface area contributed by atoms with Crippen LogP contribution in [0.1, 0.15) is 0 Å². The van der Waals surface area contributed by atoms with E-state index in [0.717, 1.165) is 0 Å². The van der Waals surface area contributed by atoms with Crippen LogP contribution >= 0.6 is 0 Å². The average molecular weight is 168 g/mol. The molecular formula is C4FeO4+4. The molecule has 0 heterocycles. The SMILES string of the molecule is [C-]#[O+].[C-]#[O+].[C-]#[O+].[C-]#[O+].[Fe+4]. The molecule has 0 amide bonds. The van der Waals surface area contributed by atoms with Crippen molar-refractivity contribution in [3.05, 3.63) is 26.6 Å². The van der Waals surface area contributed by atoms with Crippen molar-refractivity contribution in [2.45, 2.75) is 0 Å². The van der Waals surface area contributed by atoms with E-state index in [-0.39, 0.29) is 17.1 Å². The van der Waals surface area contributed by atoms with Gasteiger partial charge >= 0.3 is 62.3 Å². The second kappa shape index (κ2) is 1160. The van der Waals surface area contributed by atoms with Crippen molar-refractivity contribution < 1.29 is 35.7 Å². The van der Waals surface area contributed by atoms with Gasteiger partial charge in [-0.05, 0) is 0 Å². The molecule has 0 radical (unpaired) electrons. The van der Waals surface area contributed by atoms with Crippen LogP contribution in [0.25, 0.3) is 0 Å². The molecular weight excluding hydrogens is 168 g/mol. The van der Waals surface area contributed by atoms with E-state index in [9.17, 15) is 0 Å². The normalized spacial score (nSPS) is 0.889. The van der Waals surface area contributed by atoms with Gasteiger partial charge in [0.15, 0.2) is 0 Å². The van der Waals surface area contributed by atoms with Crippen LogP contribution in [0.3, 0.4) is 0 Å². The van der Waals surface area contributed by atoms with Gasteiger partial charge in [-0.2, -0.15) is 0 Å². The Morgan fingerprint density at radius 1 is 0.444 bits per heavy atom. The molecule has 0 aliphatic rings. The van der Waals surface area contributed by atoms with Gasteiger partial charge in [-0.15, -0.1) is 0 Å².